The number of carbonyl (C=O) groups excluding carboxylic acids is 2. The normalized spacial score (nSPS) is 22.1. The van der Waals surface area contributed by atoms with Crippen LogP contribution in [0.5, 0.6) is 0 Å². The van der Waals surface area contributed by atoms with Gasteiger partial charge in [-0.2, -0.15) is 0 Å². The molecule has 2 atom stereocenters. The summed E-state index contributed by atoms with van der Waals surface area (Å²) in [4.78, 5) is 24.8. The Bertz CT molecular complexity index is 281. The lowest BCUT2D eigenvalue weighted by Crippen LogP contribution is -2.53. The van der Waals surface area contributed by atoms with Gasteiger partial charge < -0.3 is 16.0 Å². The summed E-state index contributed by atoms with van der Waals surface area (Å²) in [6.45, 7) is 4.87. The minimum atomic E-state index is -0.393. The summed E-state index contributed by atoms with van der Waals surface area (Å²) in [6, 6.07) is -0.310. The Morgan fingerprint density at radius 3 is 2.82 bits per heavy atom. The van der Waals surface area contributed by atoms with Gasteiger partial charge in [-0.15, -0.1) is 0 Å². The fraction of sp³-hybridized carbons (Fsp3) is 0.833. The van der Waals surface area contributed by atoms with Crippen LogP contribution in [0.25, 0.3) is 0 Å². The molecule has 0 saturated carbocycles. The molecule has 17 heavy (non-hydrogen) atoms. The van der Waals surface area contributed by atoms with Crippen LogP contribution in [0.15, 0.2) is 0 Å². The van der Waals surface area contributed by atoms with Gasteiger partial charge in [0.25, 0.3) is 0 Å². The Morgan fingerprint density at radius 1 is 1.53 bits per heavy atom. The molecule has 3 N–H and O–H groups in total. The number of likely N-dealkylation sites (tertiary alicyclic amines) is 1. The molecule has 0 aromatic rings. The van der Waals surface area contributed by atoms with Gasteiger partial charge in [0.05, 0.1) is 6.04 Å². The van der Waals surface area contributed by atoms with Crippen LogP contribution in [0.4, 0.5) is 0 Å². The number of nitrogens with one attached hydrogen (secondary N) is 1. The highest BCUT2D eigenvalue weighted by Gasteiger charge is 2.26. The van der Waals surface area contributed by atoms with Crippen molar-refractivity contribution in [1.29, 1.82) is 0 Å². The summed E-state index contributed by atoms with van der Waals surface area (Å²) in [5.41, 5.74) is 5.83. The Balaban J connectivity index is 2.48. The molecular formula is C12H23N3O2. The average Bonchev–Trinajstić information content (AvgIpc) is 2.28. The molecule has 1 fully saturated rings. The summed E-state index contributed by atoms with van der Waals surface area (Å²) in [5.74, 6) is -0.0240. The first kappa shape index (κ1) is 14.0. The van der Waals surface area contributed by atoms with Gasteiger partial charge in [-0.05, 0) is 19.3 Å². The maximum atomic E-state index is 12.0. The standard InChI is InChI=1S/C12H23N3O2/c1-3-5-11(13)12(17)15-7-4-6-10(8-15)14-9(2)16/h10-11H,3-8,13H2,1-2H3,(H,14,16)/t10?,11-/m0/s1. The highest BCUT2D eigenvalue weighted by Crippen LogP contribution is 2.12. The molecule has 5 heteroatoms. The number of nitrogens with two attached hydrogens (primary N) is 1. The average molecular weight is 241 g/mol. The molecule has 5 nitrogen and oxygen atoms in total. The van der Waals surface area contributed by atoms with Gasteiger partial charge in [-0.1, -0.05) is 13.3 Å². The Labute approximate surface area is 103 Å². The van der Waals surface area contributed by atoms with Crippen LogP contribution in [0, 0.1) is 0 Å². The number of hydrogen-bond donors (Lipinski definition) is 2. The second-order valence-corrected chi connectivity index (χ2v) is 4.72. The van der Waals surface area contributed by atoms with Gasteiger partial charge in [0.1, 0.15) is 0 Å². The molecule has 1 unspecified atom stereocenters. The Kier molecular flexibility index (Phi) is 5.41. The van der Waals surface area contributed by atoms with Crippen LogP contribution < -0.4 is 11.1 Å². The van der Waals surface area contributed by atoms with Crippen LogP contribution in [0.3, 0.4) is 0 Å². The Hall–Kier alpha value is -1.10. The van der Waals surface area contributed by atoms with E-state index in [1.165, 1.54) is 6.92 Å². The largest absolute Gasteiger partial charge is 0.352 e. The first-order valence-corrected chi connectivity index (χ1v) is 6.36. The first-order chi connectivity index (χ1) is 8.04. The van der Waals surface area contributed by atoms with Gasteiger partial charge in [-0.25, -0.2) is 0 Å². The van der Waals surface area contributed by atoms with Crippen molar-refractivity contribution in [1.82, 2.24) is 10.2 Å². The van der Waals surface area contributed by atoms with Crippen molar-refractivity contribution in [3.63, 3.8) is 0 Å². The molecule has 1 aliphatic rings. The number of rotatable bonds is 4. The van der Waals surface area contributed by atoms with E-state index in [0.29, 0.717) is 6.54 Å². The van der Waals surface area contributed by atoms with E-state index in [1.807, 2.05) is 6.92 Å². The minimum absolute atomic E-state index is 0.0157. The van der Waals surface area contributed by atoms with E-state index in [1.54, 1.807) is 4.90 Å². The summed E-state index contributed by atoms with van der Waals surface area (Å²) < 4.78 is 0. The lowest BCUT2D eigenvalue weighted by atomic mass is 10.0. The molecule has 1 rings (SSSR count). The third-order valence-electron chi connectivity index (χ3n) is 3.06. The molecule has 2 amide bonds. The van der Waals surface area contributed by atoms with Crippen LogP contribution in [-0.2, 0) is 9.59 Å². The predicted molar refractivity (Wildman–Crippen MR) is 66.3 cm³/mol. The van der Waals surface area contributed by atoms with Crippen LogP contribution in [0.1, 0.15) is 39.5 Å². The van der Waals surface area contributed by atoms with Crippen molar-refractivity contribution in [2.24, 2.45) is 5.73 Å². The molecule has 1 heterocycles. The van der Waals surface area contributed by atoms with Crippen LogP contribution in [-0.4, -0.2) is 41.9 Å². The highest BCUT2D eigenvalue weighted by molar-refractivity contribution is 5.82. The molecule has 98 valence electrons. The maximum Gasteiger partial charge on any atom is 0.239 e. The molecule has 0 aliphatic carbocycles. The monoisotopic (exact) mass is 241 g/mol. The summed E-state index contributed by atoms with van der Waals surface area (Å²) >= 11 is 0. The van der Waals surface area contributed by atoms with Gasteiger partial charge >= 0.3 is 0 Å². The van der Waals surface area contributed by atoms with Gasteiger partial charge in [0, 0.05) is 26.1 Å². The second-order valence-electron chi connectivity index (χ2n) is 4.72. The lowest BCUT2D eigenvalue weighted by molar-refractivity contribution is -0.134. The first-order valence-electron chi connectivity index (χ1n) is 6.36. The number of piperidine rings is 1. The quantitative estimate of drug-likeness (QED) is 0.740. The molecule has 0 bridgehead atoms. The SMILES string of the molecule is CCC[C@H](N)C(=O)N1CCCC(NC(C)=O)C1. The zero-order valence-electron chi connectivity index (χ0n) is 10.7. The zero-order chi connectivity index (χ0) is 12.8. The van der Waals surface area contributed by atoms with E-state index in [2.05, 4.69) is 5.32 Å². The third-order valence-corrected chi connectivity index (χ3v) is 3.06. The van der Waals surface area contributed by atoms with Gasteiger partial charge in [0.15, 0.2) is 0 Å². The lowest BCUT2D eigenvalue weighted by Gasteiger charge is -2.34. The van der Waals surface area contributed by atoms with E-state index < -0.39 is 6.04 Å². The number of nitrogens with zero attached hydrogens (tertiary/aromatic N) is 1. The number of carbonyl (C=O) groups is 2. The van der Waals surface area contributed by atoms with Crippen molar-refractivity contribution < 1.29 is 9.59 Å². The summed E-state index contributed by atoms with van der Waals surface area (Å²) in [5, 5.41) is 2.86. The minimum Gasteiger partial charge on any atom is -0.352 e. The second kappa shape index (κ2) is 6.59. The predicted octanol–water partition coefficient (Wildman–Crippen LogP) is 0.241. The molecule has 0 aromatic heterocycles. The Morgan fingerprint density at radius 2 is 2.24 bits per heavy atom. The fourth-order valence-electron chi connectivity index (χ4n) is 2.25. The van der Waals surface area contributed by atoms with Crippen molar-refractivity contribution >= 4 is 11.8 Å². The maximum absolute atomic E-state index is 12.0. The number of hydrogen-bond acceptors (Lipinski definition) is 3. The third kappa shape index (κ3) is 4.34. The summed E-state index contributed by atoms with van der Waals surface area (Å²) in [6.07, 6.45) is 3.50. The van der Waals surface area contributed by atoms with Crippen molar-refractivity contribution in [2.75, 3.05) is 13.1 Å². The molecular weight excluding hydrogens is 218 g/mol. The van der Waals surface area contributed by atoms with Crippen molar-refractivity contribution in [2.45, 2.75) is 51.6 Å². The van der Waals surface area contributed by atoms with E-state index in [9.17, 15) is 9.59 Å². The van der Waals surface area contributed by atoms with Gasteiger partial charge in [0.2, 0.25) is 11.8 Å². The zero-order valence-corrected chi connectivity index (χ0v) is 10.7. The molecule has 1 saturated heterocycles. The van der Waals surface area contributed by atoms with Crippen molar-refractivity contribution in [3.8, 4) is 0 Å². The van der Waals surface area contributed by atoms with Crippen molar-refractivity contribution in [3.05, 3.63) is 0 Å². The highest BCUT2D eigenvalue weighted by atomic mass is 16.2. The van der Waals surface area contributed by atoms with Crippen LogP contribution in [0.2, 0.25) is 0 Å². The topological polar surface area (TPSA) is 75.4 Å². The molecule has 0 spiro atoms. The van der Waals surface area contributed by atoms with Gasteiger partial charge in [-0.3, -0.25) is 9.59 Å². The van der Waals surface area contributed by atoms with Crippen LogP contribution >= 0.6 is 0 Å². The smallest absolute Gasteiger partial charge is 0.239 e. The summed E-state index contributed by atoms with van der Waals surface area (Å²) in [7, 11) is 0. The fourth-order valence-corrected chi connectivity index (χ4v) is 2.25. The van der Waals surface area contributed by atoms with E-state index in [4.69, 9.17) is 5.73 Å². The number of amides is 2. The molecule has 0 radical (unpaired) electrons. The molecule has 1 aliphatic heterocycles. The molecule has 0 aromatic carbocycles. The van der Waals surface area contributed by atoms with E-state index in [-0.39, 0.29) is 17.9 Å². The van der Waals surface area contributed by atoms with E-state index >= 15 is 0 Å². The van der Waals surface area contributed by atoms with E-state index in [0.717, 1.165) is 32.2 Å².